The Balaban J connectivity index is 1.81. The zero-order valence-corrected chi connectivity index (χ0v) is 18.1. The van der Waals surface area contributed by atoms with E-state index < -0.39 is 0 Å². The Bertz CT molecular complexity index is 1070. The third kappa shape index (κ3) is 4.44. The van der Waals surface area contributed by atoms with Gasteiger partial charge in [-0.2, -0.15) is 0 Å². The Morgan fingerprint density at radius 3 is 1.90 bits per heavy atom. The normalized spacial score (nSPS) is 24.1. The summed E-state index contributed by atoms with van der Waals surface area (Å²) < 4.78 is 0. The number of carbonyl (C=O) groups is 2. The van der Waals surface area contributed by atoms with E-state index in [9.17, 15) is 9.59 Å². The van der Waals surface area contributed by atoms with Crippen molar-refractivity contribution in [2.75, 3.05) is 0 Å². The number of hydrogen-bond acceptors (Lipinski definition) is 2. The lowest BCUT2D eigenvalue weighted by Crippen LogP contribution is -2.41. The minimum absolute atomic E-state index is 0.123. The van der Waals surface area contributed by atoms with Crippen LogP contribution in [0.2, 0.25) is 0 Å². The van der Waals surface area contributed by atoms with E-state index in [0.717, 1.165) is 22.3 Å². The lowest BCUT2D eigenvalue weighted by molar-refractivity contribution is -0.130. The van der Waals surface area contributed by atoms with E-state index in [2.05, 4.69) is 12.1 Å². The highest BCUT2D eigenvalue weighted by atomic mass is 16.1. The third-order valence-corrected chi connectivity index (χ3v) is 6.57. The van der Waals surface area contributed by atoms with Crippen LogP contribution in [-0.4, -0.2) is 11.6 Å². The van der Waals surface area contributed by atoms with E-state index in [1.807, 2.05) is 98.8 Å². The van der Waals surface area contributed by atoms with E-state index >= 15 is 0 Å². The molecular weight excluding hydrogens is 380 g/mol. The van der Waals surface area contributed by atoms with Gasteiger partial charge in [-0.05, 0) is 35.3 Å². The van der Waals surface area contributed by atoms with Gasteiger partial charge >= 0.3 is 0 Å². The van der Waals surface area contributed by atoms with Crippen LogP contribution in [0.5, 0.6) is 0 Å². The standard InChI is InChI=1S/C29H28O2/c1-20(18-22-12-6-3-7-13-22)29(31)28-25(23-14-8-4-9-15-23)19-26(30)21(2)27(28)24-16-10-5-11-17-24/h3-18,21,25,27-28H,19H2,1-2H3/b20-18-/t21-,25+,27-,28-/m1/s1. The highest BCUT2D eigenvalue weighted by Crippen LogP contribution is 2.48. The van der Waals surface area contributed by atoms with Crippen molar-refractivity contribution in [3.05, 3.63) is 113 Å². The van der Waals surface area contributed by atoms with Crippen molar-refractivity contribution in [2.45, 2.75) is 32.1 Å². The molecule has 3 aromatic rings. The maximum absolute atomic E-state index is 13.9. The van der Waals surface area contributed by atoms with Gasteiger partial charge in [-0.1, -0.05) is 97.9 Å². The van der Waals surface area contributed by atoms with Gasteiger partial charge in [0.25, 0.3) is 0 Å². The second-order valence-corrected chi connectivity index (χ2v) is 8.54. The monoisotopic (exact) mass is 408 g/mol. The quantitative estimate of drug-likeness (QED) is 0.455. The van der Waals surface area contributed by atoms with Gasteiger partial charge < -0.3 is 0 Å². The highest BCUT2D eigenvalue weighted by molar-refractivity contribution is 6.03. The van der Waals surface area contributed by atoms with Gasteiger partial charge in [0.15, 0.2) is 5.78 Å². The van der Waals surface area contributed by atoms with Crippen molar-refractivity contribution < 1.29 is 9.59 Å². The topological polar surface area (TPSA) is 34.1 Å². The Kier molecular flexibility index (Phi) is 6.27. The highest BCUT2D eigenvalue weighted by Gasteiger charge is 2.46. The molecule has 1 saturated carbocycles. The molecule has 4 rings (SSSR count). The predicted molar refractivity (Wildman–Crippen MR) is 126 cm³/mol. The first-order valence-corrected chi connectivity index (χ1v) is 11.0. The fourth-order valence-electron chi connectivity index (χ4n) is 4.97. The summed E-state index contributed by atoms with van der Waals surface area (Å²) in [7, 11) is 0. The molecule has 0 radical (unpaired) electrons. The van der Waals surface area contributed by atoms with E-state index in [4.69, 9.17) is 0 Å². The molecular formula is C29H28O2. The number of carbonyl (C=O) groups excluding carboxylic acids is 2. The van der Waals surface area contributed by atoms with Gasteiger partial charge in [-0.15, -0.1) is 0 Å². The van der Waals surface area contributed by atoms with E-state index in [-0.39, 0.29) is 35.2 Å². The Hall–Kier alpha value is -3.26. The molecule has 0 aliphatic heterocycles. The number of ketones is 2. The van der Waals surface area contributed by atoms with Gasteiger partial charge in [0.1, 0.15) is 5.78 Å². The summed E-state index contributed by atoms with van der Waals surface area (Å²) in [5.74, 6) is -0.373. The molecule has 0 saturated heterocycles. The minimum atomic E-state index is -0.280. The molecule has 0 bridgehead atoms. The zero-order chi connectivity index (χ0) is 21.8. The van der Waals surface area contributed by atoms with Crippen LogP contribution in [0, 0.1) is 11.8 Å². The number of rotatable bonds is 5. The zero-order valence-electron chi connectivity index (χ0n) is 18.1. The molecule has 0 N–H and O–H groups in total. The molecule has 0 heterocycles. The van der Waals surface area contributed by atoms with E-state index in [1.54, 1.807) is 0 Å². The number of Topliss-reactive ketones (excluding diaryl/α,β-unsaturated/α-hetero) is 2. The SMILES string of the molecule is C/C(=C/c1ccccc1)C(=O)[C@H]1[C@@H](c2ccccc2)[C@H](C)C(=O)C[C@H]1c1ccccc1. The van der Waals surface area contributed by atoms with Crippen LogP contribution in [0.15, 0.2) is 96.6 Å². The predicted octanol–water partition coefficient (Wildman–Crippen LogP) is 6.45. The van der Waals surface area contributed by atoms with Gasteiger partial charge in [-0.3, -0.25) is 9.59 Å². The van der Waals surface area contributed by atoms with E-state index in [0.29, 0.717) is 6.42 Å². The van der Waals surface area contributed by atoms with Gasteiger partial charge in [0, 0.05) is 30.1 Å². The number of allylic oxidation sites excluding steroid dienone is 1. The summed E-state index contributed by atoms with van der Waals surface area (Å²) in [4.78, 5) is 27.0. The molecule has 4 atom stereocenters. The van der Waals surface area contributed by atoms with Crippen molar-refractivity contribution in [3.8, 4) is 0 Å². The summed E-state index contributed by atoms with van der Waals surface area (Å²) in [6.07, 6.45) is 2.37. The van der Waals surface area contributed by atoms with Gasteiger partial charge in [-0.25, -0.2) is 0 Å². The summed E-state index contributed by atoms with van der Waals surface area (Å²) in [6, 6.07) is 30.1. The molecule has 0 aromatic heterocycles. The molecule has 2 heteroatoms. The molecule has 0 spiro atoms. The summed E-state index contributed by atoms with van der Waals surface area (Å²) in [6.45, 7) is 3.89. The third-order valence-electron chi connectivity index (χ3n) is 6.57. The van der Waals surface area contributed by atoms with Crippen LogP contribution in [0.4, 0.5) is 0 Å². The summed E-state index contributed by atoms with van der Waals surface area (Å²) >= 11 is 0. The fraction of sp³-hybridized carbons (Fsp3) is 0.241. The smallest absolute Gasteiger partial charge is 0.162 e. The second kappa shape index (κ2) is 9.26. The van der Waals surface area contributed by atoms with Crippen molar-refractivity contribution in [1.82, 2.24) is 0 Å². The van der Waals surface area contributed by atoms with Crippen LogP contribution in [0.3, 0.4) is 0 Å². The second-order valence-electron chi connectivity index (χ2n) is 8.54. The Labute approximate surface area is 184 Å². The van der Waals surface area contributed by atoms with Crippen LogP contribution < -0.4 is 0 Å². The maximum Gasteiger partial charge on any atom is 0.162 e. The average Bonchev–Trinajstić information content (AvgIpc) is 2.81. The van der Waals surface area contributed by atoms with Crippen LogP contribution in [0.25, 0.3) is 6.08 Å². The van der Waals surface area contributed by atoms with Crippen LogP contribution >= 0.6 is 0 Å². The molecule has 156 valence electrons. The van der Waals surface area contributed by atoms with Crippen LogP contribution in [0.1, 0.15) is 48.8 Å². The number of hydrogen-bond donors (Lipinski definition) is 0. The fourth-order valence-corrected chi connectivity index (χ4v) is 4.97. The Morgan fingerprint density at radius 2 is 1.32 bits per heavy atom. The largest absolute Gasteiger partial charge is 0.299 e. The summed E-state index contributed by atoms with van der Waals surface area (Å²) in [5.41, 5.74) is 3.88. The van der Waals surface area contributed by atoms with Crippen LogP contribution in [-0.2, 0) is 9.59 Å². The van der Waals surface area contributed by atoms with Crippen molar-refractivity contribution in [1.29, 1.82) is 0 Å². The summed E-state index contributed by atoms with van der Waals surface area (Å²) in [5, 5.41) is 0. The molecule has 1 fully saturated rings. The Morgan fingerprint density at radius 1 is 0.806 bits per heavy atom. The molecule has 1 aliphatic carbocycles. The maximum atomic E-state index is 13.9. The van der Waals surface area contributed by atoms with Crippen molar-refractivity contribution in [2.24, 2.45) is 11.8 Å². The minimum Gasteiger partial charge on any atom is -0.299 e. The lowest BCUT2D eigenvalue weighted by atomic mass is 9.60. The molecule has 1 aliphatic rings. The van der Waals surface area contributed by atoms with E-state index in [1.165, 1.54) is 0 Å². The molecule has 3 aromatic carbocycles. The van der Waals surface area contributed by atoms with Gasteiger partial charge in [0.05, 0.1) is 0 Å². The van der Waals surface area contributed by atoms with Gasteiger partial charge in [0.2, 0.25) is 0 Å². The lowest BCUT2D eigenvalue weighted by Gasteiger charge is -2.41. The van der Waals surface area contributed by atoms with Crippen molar-refractivity contribution >= 4 is 17.6 Å². The first-order valence-electron chi connectivity index (χ1n) is 11.0. The average molecular weight is 409 g/mol. The molecule has 31 heavy (non-hydrogen) atoms. The number of benzene rings is 3. The first kappa shape index (κ1) is 21.0. The molecule has 0 unspecified atom stereocenters. The first-order chi connectivity index (χ1) is 15.1. The molecule has 2 nitrogen and oxygen atoms in total. The van der Waals surface area contributed by atoms with Crippen molar-refractivity contribution in [3.63, 3.8) is 0 Å². The molecule has 0 amide bonds.